The lowest BCUT2D eigenvalue weighted by molar-refractivity contribution is -0.145. The van der Waals surface area contributed by atoms with E-state index in [2.05, 4.69) is 5.32 Å². The molecule has 0 heterocycles. The first-order chi connectivity index (χ1) is 14.0. The number of carbonyl (C=O) groups excluding carboxylic acids is 3. The predicted octanol–water partition coefficient (Wildman–Crippen LogP) is 1.76. The Morgan fingerprint density at radius 2 is 1.62 bits per heavy atom. The highest BCUT2D eigenvalue weighted by molar-refractivity contribution is 5.92. The summed E-state index contributed by atoms with van der Waals surface area (Å²) in [5, 5.41) is 2.53. The molecule has 0 saturated heterocycles. The molecule has 8 heteroatoms. The van der Waals surface area contributed by atoms with Crippen molar-refractivity contribution in [1.82, 2.24) is 5.32 Å². The highest BCUT2D eigenvalue weighted by Gasteiger charge is 2.23. The van der Waals surface area contributed by atoms with Crippen LogP contribution in [0.5, 0.6) is 11.5 Å². The third-order valence-electron chi connectivity index (χ3n) is 4.06. The summed E-state index contributed by atoms with van der Waals surface area (Å²) in [6.45, 7) is -0.546. The largest absolute Gasteiger partial charge is 0.493 e. The van der Waals surface area contributed by atoms with Crippen molar-refractivity contribution >= 4 is 17.8 Å². The Kier molecular flexibility index (Phi) is 8.02. The van der Waals surface area contributed by atoms with Crippen molar-refractivity contribution in [2.45, 2.75) is 12.5 Å². The second-order valence-corrected chi connectivity index (χ2v) is 5.98. The van der Waals surface area contributed by atoms with Gasteiger partial charge in [-0.1, -0.05) is 30.3 Å². The molecule has 0 aromatic heterocycles. The Labute approximate surface area is 168 Å². The van der Waals surface area contributed by atoms with Crippen LogP contribution < -0.4 is 14.8 Å². The smallest absolute Gasteiger partial charge is 0.338 e. The summed E-state index contributed by atoms with van der Waals surface area (Å²) in [5.41, 5.74) is 1.05. The molecular formula is C21H23NO7. The van der Waals surface area contributed by atoms with E-state index in [0.717, 1.165) is 5.56 Å². The summed E-state index contributed by atoms with van der Waals surface area (Å²) in [7, 11) is 4.16. The third-order valence-corrected chi connectivity index (χ3v) is 4.06. The summed E-state index contributed by atoms with van der Waals surface area (Å²) < 4.78 is 20.0. The minimum Gasteiger partial charge on any atom is -0.493 e. The van der Waals surface area contributed by atoms with Crippen LogP contribution in [-0.2, 0) is 25.5 Å². The highest BCUT2D eigenvalue weighted by Crippen LogP contribution is 2.27. The van der Waals surface area contributed by atoms with Gasteiger partial charge in [-0.2, -0.15) is 0 Å². The van der Waals surface area contributed by atoms with Gasteiger partial charge in [0.2, 0.25) is 0 Å². The zero-order valence-corrected chi connectivity index (χ0v) is 16.5. The van der Waals surface area contributed by atoms with Gasteiger partial charge in [0.15, 0.2) is 18.1 Å². The molecule has 8 nitrogen and oxygen atoms in total. The molecule has 0 radical (unpaired) electrons. The molecule has 1 N–H and O–H groups in total. The number of carbonyl (C=O) groups is 3. The molecule has 2 aromatic rings. The average molecular weight is 401 g/mol. The molecule has 2 aromatic carbocycles. The Balaban J connectivity index is 1.96. The number of ether oxygens (including phenoxy) is 4. The summed E-state index contributed by atoms with van der Waals surface area (Å²) in [4.78, 5) is 36.3. The van der Waals surface area contributed by atoms with Crippen LogP contribution >= 0.6 is 0 Å². The molecule has 1 amide bonds. The summed E-state index contributed by atoms with van der Waals surface area (Å²) in [6, 6.07) is 12.8. The third kappa shape index (κ3) is 6.24. The molecule has 0 aliphatic heterocycles. The van der Waals surface area contributed by atoms with Gasteiger partial charge >= 0.3 is 11.9 Å². The Morgan fingerprint density at radius 1 is 0.931 bits per heavy atom. The van der Waals surface area contributed by atoms with Crippen molar-refractivity contribution in [2.75, 3.05) is 27.9 Å². The summed E-state index contributed by atoms with van der Waals surface area (Å²) >= 11 is 0. The van der Waals surface area contributed by atoms with Crippen molar-refractivity contribution in [3.8, 4) is 11.5 Å². The van der Waals surface area contributed by atoms with Crippen LogP contribution in [0.15, 0.2) is 48.5 Å². The van der Waals surface area contributed by atoms with Crippen molar-refractivity contribution in [3.63, 3.8) is 0 Å². The topological polar surface area (TPSA) is 100 Å². The lowest BCUT2D eigenvalue weighted by atomic mass is 10.1. The van der Waals surface area contributed by atoms with E-state index in [1.165, 1.54) is 33.5 Å². The number of rotatable bonds is 9. The van der Waals surface area contributed by atoms with Crippen LogP contribution in [0.25, 0.3) is 0 Å². The molecule has 0 spiro atoms. The zero-order valence-electron chi connectivity index (χ0n) is 16.5. The fraction of sp³-hybridized carbons (Fsp3) is 0.286. The van der Waals surface area contributed by atoms with E-state index in [9.17, 15) is 14.4 Å². The van der Waals surface area contributed by atoms with Crippen LogP contribution in [0.1, 0.15) is 15.9 Å². The first-order valence-electron chi connectivity index (χ1n) is 8.78. The molecular weight excluding hydrogens is 378 g/mol. The first-order valence-corrected chi connectivity index (χ1v) is 8.78. The number of esters is 2. The predicted molar refractivity (Wildman–Crippen MR) is 104 cm³/mol. The monoisotopic (exact) mass is 401 g/mol. The van der Waals surface area contributed by atoms with Gasteiger partial charge in [-0.15, -0.1) is 0 Å². The van der Waals surface area contributed by atoms with Crippen LogP contribution in [-0.4, -0.2) is 51.8 Å². The van der Waals surface area contributed by atoms with Crippen LogP contribution in [0, 0.1) is 0 Å². The maximum atomic E-state index is 12.2. The molecule has 0 aliphatic rings. The van der Waals surface area contributed by atoms with Gasteiger partial charge in [0, 0.05) is 6.42 Å². The van der Waals surface area contributed by atoms with E-state index < -0.39 is 30.5 Å². The van der Waals surface area contributed by atoms with Gasteiger partial charge in [0.05, 0.1) is 26.9 Å². The Morgan fingerprint density at radius 3 is 2.24 bits per heavy atom. The van der Waals surface area contributed by atoms with E-state index >= 15 is 0 Å². The lowest BCUT2D eigenvalue weighted by Gasteiger charge is -2.16. The quantitative estimate of drug-likeness (QED) is 0.639. The Hall–Kier alpha value is -3.55. The van der Waals surface area contributed by atoms with Crippen molar-refractivity contribution in [3.05, 3.63) is 59.7 Å². The highest BCUT2D eigenvalue weighted by atomic mass is 16.5. The summed E-state index contributed by atoms with van der Waals surface area (Å²) in [5.74, 6) is -1.10. The second kappa shape index (κ2) is 10.7. The minimum atomic E-state index is -0.894. The maximum absolute atomic E-state index is 12.2. The fourth-order valence-electron chi connectivity index (χ4n) is 2.60. The van der Waals surface area contributed by atoms with E-state index in [0.29, 0.717) is 11.5 Å². The second-order valence-electron chi connectivity index (χ2n) is 5.98. The van der Waals surface area contributed by atoms with Crippen molar-refractivity contribution < 1.29 is 33.3 Å². The number of nitrogens with one attached hydrogen (secondary N) is 1. The molecule has 2 rings (SSSR count). The molecule has 29 heavy (non-hydrogen) atoms. The molecule has 154 valence electrons. The standard InChI is InChI=1S/C21H23NO7/c1-26-17-10-9-15(12-18(17)27-2)20(24)29-13-19(23)22-16(21(25)28-3)11-14-7-5-4-6-8-14/h4-10,12,16H,11,13H2,1-3H3,(H,22,23)/t16-/m1/s1. The lowest BCUT2D eigenvalue weighted by Crippen LogP contribution is -2.44. The number of methoxy groups -OCH3 is 3. The Bertz CT molecular complexity index is 851. The molecule has 0 aliphatic carbocycles. The molecule has 0 fully saturated rings. The van der Waals surface area contributed by atoms with Gasteiger partial charge in [-0.05, 0) is 23.8 Å². The van der Waals surface area contributed by atoms with E-state index in [4.69, 9.17) is 18.9 Å². The fourth-order valence-corrected chi connectivity index (χ4v) is 2.60. The number of hydrogen-bond acceptors (Lipinski definition) is 7. The summed E-state index contributed by atoms with van der Waals surface area (Å²) in [6.07, 6.45) is 0.253. The number of amides is 1. The molecule has 0 saturated carbocycles. The molecule has 0 bridgehead atoms. The number of hydrogen-bond donors (Lipinski definition) is 1. The average Bonchev–Trinajstić information content (AvgIpc) is 2.76. The van der Waals surface area contributed by atoms with Gasteiger partial charge in [-0.25, -0.2) is 9.59 Å². The van der Waals surface area contributed by atoms with E-state index in [1.54, 1.807) is 6.07 Å². The molecule has 1 atom stereocenters. The SMILES string of the molecule is COC(=O)[C@@H](Cc1ccccc1)NC(=O)COC(=O)c1ccc(OC)c(OC)c1. The van der Waals surface area contributed by atoms with Crippen LogP contribution in [0.3, 0.4) is 0 Å². The van der Waals surface area contributed by atoms with Gasteiger partial charge in [0.1, 0.15) is 6.04 Å². The van der Waals surface area contributed by atoms with Crippen molar-refractivity contribution in [1.29, 1.82) is 0 Å². The normalized spacial score (nSPS) is 11.1. The minimum absolute atomic E-state index is 0.198. The van der Waals surface area contributed by atoms with E-state index in [-0.39, 0.29) is 12.0 Å². The van der Waals surface area contributed by atoms with Gasteiger partial charge in [-0.3, -0.25) is 4.79 Å². The van der Waals surface area contributed by atoms with E-state index in [1.807, 2.05) is 30.3 Å². The molecule has 0 unspecified atom stereocenters. The first kappa shape index (κ1) is 21.7. The number of benzene rings is 2. The van der Waals surface area contributed by atoms with Gasteiger partial charge in [0.25, 0.3) is 5.91 Å². The van der Waals surface area contributed by atoms with Crippen molar-refractivity contribution in [2.24, 2.45) is 0 Å². The van der Waals surface area contributed by atoms with Crippen LogP contribution in [0.2, 0.25) is 0 Å². The zero-order chi connectivity index (χ0) is 21.2. The van der Waals surface area contributed by atoms with Gasteiger partial charge < -0.3 is 24.3 Å². The van der Waals surface area contributed by atoms with Crippen LogP contribution in [0.4, 0.5) is 0 Å². The maximum Gasteiger partial charge on any atom is 0.338 e.